The second-order valence-corrected chi connectivity index (χ2v) is 5.70. The second kappa shape index (κ2) is 6.18. The number of nitrogens with one attached hydrogen (secondary N) is 2. The summed E-state index contributed by atoms with van der Waals surface area (Å²) in [6.07, 6.45) is -0.326. The number of hydrazine groups is 1. The molecule has 1 aromatic carbocycles. The van der Waals surface area contributed by atoms with Gasteiger partial charge < -0.3 is 0 Å². The number of aromatic nitrogens is 3. The van der Waals surface area contributed by atoms with E-state index in [0.29, 0.717) is 5.82 Å². The Balaban J connectivity index is 1.94. The molecule has 0 aliphatic carbocycles. The first kappa shape index (κ1) is 15.2. The van der Waals surface area contributed by atoms with Gasteiger partial charge in [-0.3, -0.25) is 25.2 Å². The van der Waals surface area contributed by atoms with Gasteiger partial charge >= 0.3 is 0 Å². The fraction of sp³-hybridized carbons (Fsp3) is 0.154. The summed E-state index contributed by atoms with van der Waals surface area (Å²) in [7, 11) is 0. The third-order valence-electron chi connectivity index (χ3n) is 3.23. The highest BCUT2D eigenvalue weighted by Crippen LogP contribution is 2.29. The average Bonchev–Trinajstić information content (AvgIpc) is 2.90. The number of hydrogen-bond donors (Lipinski definition) is 3. The fourth-order valence-corrected chi connectivity index (χ4v) is 2.91. The molecule has 2 heterocycles. The van der Waals surface area contributed by atoms with E-state index >= 15 is 0 Å². The summed E-state index contributed by atoms with van der Waals surface area (Å²) >= 11 is 0.759. The zero-order valence-corrected chi connectivity index (χ0v) is 12.5. The molecule has 118 valence electrons. The van der Waals surface area contributed by atoms with Crippen LogP contribution in [0.3, 0.4) is 0 Å². The highest BCUT2D eigenvalue weighted by Gasteiger charge is 2.35. The number of fused-ring (bicyclic) bond motifs is 1. The average molecular weight is 332 g/mol. The lowest BCUT2D eigenvalue weighted by molar-refractivity contribution is -0.132. The first-order valence-corrected chi connectivity index (χ1v) is 7.44. The molecule has 0 bridgehead atoms. The maximum absolute atomic E-state index is 12.3. The molecule has 0 spiro atoms. The minimum Gasteiger partial charge on any atom is -0.294 e. The first-order valence-electron chi connectivity index (χ1n) is 6.63. The van der Waals surface area contributed by atoms with Crippen LogP contribution in [0, 0.1) is 5.92 Å². The van der Waals surface area contributed by atoms with Crippen molar-refractivity contribution in [3.05, 3.63) is 30.3 Å². The summed E-state index contributed by atoms with van der Waals surface area (Å²) in [4.78, 5) is 35.8. The molecular weight excluding hydrogens is 320 g/mol. The van der Waals surface area contributed by atoms with Gasteiger partial charge in [0.05, 0.1) is 0 Å². The smallest absolute Gasteiger partial charge is 0.250 e. The third kappa shape index (κ3) is 2.94. The van der Waals surface area contributed by atoms with Crippen molar-refractivity contribution in [2.75, 3.05) is 5.43 Å². The van der Waals surface area contributed by atoms with Crippen LogP contribution in [0.25, 0.3) is 11.4 Å². The van der Waals surface area contributed by atoms with Crippen molar-refractivity contribution in [2.24, 2.45) is 11.8 Å². The summed E-state index contributed by atoms with van der Waals surface area (Å²) in [6.45, 7) is 0. The lowest BCUT2D eigenvalue weighted by Gasteiger charge is -2.11. The molecule has 1 aromatic heterocycles. The summed E-state index contributed by atoms with van der Waals surface area (Å²) in [6, 6.07) is 9.10. The number of nitrogens with zero attached hydrogens (tertiary/aromatic N) is 3. The molecule has 0 saturated carbocycles. The molecular formula is C13H12N6O3S. The second-order valence-electron chi connectivity index (χ2n) is 4.73. The van der Waals surface area contributed by atoms with E-state index in [1.165, 1.54) is 4.68 Å². The molecule has 10 heteroatoms. The monoisotopic (exact) mass is 332 g/mol. The molecule has 23 heavy (non-hydrogen) atoms. The van der Waals surface area contributed by atoms with E-state index in [9.17, 15) is 14.4 Å². The zero-order chi connectivity index (χ0) is 16.4. The lowest BCUT2D eigenvalue weighted by Crippen LogP contribution is -2.37. The molecule has 1 aliphatic rings. The Hall–Kier alpha value is -2.72. The number of thioether (sulfide) groups is 1. The topological polar surface area (TPSA) is 132 Å². The van der Waals surface area contributed by atoms with Crippen LogP contribution in [0.4, 0.5) is 0 Å². The molecule has 0 saturated heterocycles. The van der Waals surface area contributed by atoms with E-state index in [2.05, 4.69) is 15.6 Å². The SMILES string of the molecule is NNC(=O)CC1C(=O)Nn2c(nnc2-c2ccccc2)SC1=O. The predicted octanol–water partition coefficient (Wildman–Crippen LogP) is -0.356. The molecule has 4 N–H and O–H groups in total. The van der Waals surface area contributed by atoms with E-state index in [0.717, 1.165) is 17.3 Å². The maximum Gasteiger partial charge on any atom is 0.250 e. The standard InChI is InChI=1S/C13H12N6O3S/c14-15-9(20)6-8-11(21)18-19-10(7-4-2-1-3-5-7)16-17-13(19)23-12(8)22/h1-5,8H,6,14H2,(H,15,20)(H,18,21). The van der Waals surface area contributed by atoms with Crippen LogP contribution in [0.1, 0.15) is 6.42 Å². The minimum absolute atomic E-state index is 0.234. The Bertz CT molecular complexity index is 775. The van der Waals surface area contributed by atoms with Crippen LogP contribution >= 0.6 is 11.8 Å². The van der Waals surface area contributed by atoms with E-state index in [1.807, 2.05) is 23.6 Å². The van der Waals surface area contributed by atoms with Crippen molar-refractivity contribution in [3.63, 3.8) is 0 Å². The van der Waals surface area contributed by atoms with Crippen LogP contribution < -0.4 is 16.7 Å². The summed E-state index contributed by atoms with van der Waals surface area (Å²) < 4.78 is 1.35. The predicted molar refractivity (Wildman–Crippen MR) is 81.1 cm³/mol. The number of hydrogen-bond acceptors (Lipinski definition) is 7. The van der Waals surface area contributed by atoms with Crippen molar-refractivity contribution in [3.8, 4) is 11.4 Å². The molecule has 1 atom stereocenters. The van der Waals surface area contributed by atoms with Crippen LogP contribution in [-0.2, 0) is 14.4 Å². The molecule has 0 fully saturated rings. The van der Waals surface area contributed by atoms with Crippen molar-refractivity contribution >= 4 is 28.7 Å². The Labute approximate surface area is 134 Å². The van der Waals surface area contributed by atoms with Gasteiger partial charge in [0.25, 0.3) is 5.91 Å². The van der Waals surface area contributed by atoms with Crippen LogP contribution in [0.2, 0.25) is 0 Å². The minimum atomic E-state index is -1.14. The number of rotatable bonds is 3. The van der Waals surface area contributed by atoms with Crippen molar-refractivity contribution < 1.29 is 14.4 Å². The van der Waals surface area contributed by atoms with Gasteiger partial charge in [-0.25, -0.2) is 10.5 Å². The van der Waals surface area contributed by atoms with Gasteiger partial charge in [-0.15, -0.1) is 10.2 Å². The number of amides is 2. The van der Waals surface area contributed by atoms with Gasteiger partial charge in [-0.05, 0) is 11.8 Å². The van der Waals surface area contributed by atoms with Crippen molar-refractivity contribution in [2.45, 2.75) is 11.6 Å². The third-order valence-corrected chi connectivity index (χ3v) is 4.16. The number of benzene rings is 1. The summed E-state index contributed by atoms with van der Waals surface area (Å²) in [5, 5.41) is 7.68. The van der Waals surface area contributed by atoms with Crippen LogP contribution in [-0.4, -0.2) is 31.8 Å². The summed E-state index contributed by atoms with van der Waals surface area (Å²) in [5.74, 6) is 3.06. The van der Waals surface area contributed by atoms with Gasteiger partial charge in [0, 0.05) is 12.0 Å². The Kier molecular flexibility index (Phi) is 4.08. The zero-order valence-electron chi connectivity index (χ0n) is 11.7. The van der Waals surface area contributed by atoms with Crippen LogP contribution in [0.5, 0.6) is 0 Å². The molecule has 9 nitrogen and oxygen atoms in total. The van der Waals surface area contributed by atoms with E-state index in [-0.39, 0.29) is 11.6 Å². The van der Waals surface area contributed by atoms with Crippen molar-refractivity contribution in [1.29, 1.82) is 0 Å². The largest absolute Gasteiger partial charge is 0.294 e. The number of carbonyl (C=O) groups excluding carboxylic acids is 3. The number of carbonyl (C=O) groups is 3. The molecule has 1 unspecified atom stereocenters. The normalized spacial score (nSPS) is 17.2. The number of nitrogens with two attached hydrogens (primary N) is 1. The maximum atomic E-state index is 12.3. The highest BCUT2D eigenvalue weighted by atomic mass is 32.2. The van der Waals surface area contributed by atoms with Gasteiger partial charge in [0.1, 0.15) is 5.92 Å². The first-order chi connectivity index (χ1) is 11.1. The molecule has 3 rings (SSSR count). The van der Waals surface area contributed by atoms with Crippen LogP contribution in [0.15, 0.2) is 35.5 Å². The quantitative estimate of drug-likeness (QED) is 0.303. The van der Waals surface area contributed by atoms with Gasteiger partial charge in [-0.2, -0.15) is 0 Å². The van der Waals surface area contributed by atoms with Gasteiger partial charge in [-0.1, -0.05) is 30.3 Å². The molecule has 2 aromatic rings. The van der Waals surface area contributed by atoms with Gasteiger partial charge in [0.2, 0.25) is 16.2 Å². The van der Waals surface area contributed by atoms with Crippen molar-refractivity contribution in [1.82, 2.24) is 20.3 Å². The Morgan fingerprint density at radius 3 is 2.74 bits per heavy atom. The molecule has 0 radical (unpaired) electrons. The van der Waals surface area contributed by atoms with E-state index < -0.39 is 22.8 Å². The van der Waals surface area contributed by atoms with Gasteiger partial charge in [0.15, 0.2) is 5.82 Å². The lowest BCUT2D eigenvalue weighted by atomic mass is 10.1. The summed E-state index contributed by atoms with van der Waals surface area (Å²) in [5.41, 5.74) is 5.21. The molecule has 1 aliphatic heterocycles. The highest BCUT2D eigenvalue weighted by molar-refractivity contribution is 8.13. The van der Waals surface area contributed by atoms with E-state index in [1.54, 1.807) is 12.1 Å². The Morgan fingerprint density at radius 1 is 1.30 bits per heavy atom. The van der Waals surface area contributed by atoms with E-state index in [4.69, 9.17) is 5.84 Å². The fourth-order valence-electron chi connectivity index (χ4n) is 2.09. The molecule has 2 amide bonds. The Morgan fingerprint density at radius 2 is 2.04 bits per heavy atom.